The number of rotatable bonds is 28. The summed E-state index contributed by atoms with van der Waals surface area (Å²) < 4.78 is 10.2. The largest absolute Gasteiger partial charge is 0.463 e. The molecule has 7 heteroatoms. The van der Waals surface area contributed by atoms with E-state index in [0.717, 1.165) is 25.7 Å². The lowest BCUT2D eigenvalue weighted by molar-refractivity contribution is -0.152. The summed E-state index contributed by atoms with van der Waals surface area (Å²) >= 11 is 0. The fraction of sp³-hybridized carbons (Fsp3) is 0.622. The van der Waals surface area contributed by atoms with Crippen LogP contribution in [0.2, 0.25) is 0 Å². The van der Waals surface area contributed by atoms with Gasteiger partial charge in [0.1, 0.15) is 19.3 Å². The molecule has 3 N–H and O–H groups in total. The molecule has 0 heterocycles. The van der Waals surface area contributed by atoms with Crippen molar-refractivity contribution in [2.45, 2.75) is 135 Å². The molecule has 250 valence electrons. The number of aliphatic hydroxyl groups excluding tert-OH is 3. The first-order valence-electron chi connectivity index (χ1n) is 16.7. The van der Waals surface area contributed by atoms with Crippen LogP contribution in [0.3, 0.4) is 0 Å². The first kappa shape index (κ1) is 41.3. The fourth-order valence-electron chi connectivity index (χ4n) is 4.05. The molecule has 0 unspecified atom stereocenters. The smallest absolute Gasteiger partial charge is 0.306 e. The Morgan fingerprint density at radius 3 is 1.66 bits per heavy atom. The summed E-state index contributed by atoms with van der Waals surface area (Å²) in [4.78, 5) is 23.7. The molecule has 7 nitrogen and oxygen atoms in total. The van der Waals surface area contributed by atoms with E-state index in [0.29, 0.717) is 32.1 Å². The first-order valence-corrected chi connectivity index (χ1v) is 16.7. The molecule has 44 heavy (non-hydrogen) atoms. The van der Waals surface area contributed by atoms with Crippen LogP contribution in [-0.4, -0.2) is 58.8 Å². The minimum Gasteiger partial charge on any atom is -0.463 e. The number of carbonyl (C=O) groups is 2. The molecule has 0 saturated carbocycles. The zero-order chi connectivity index (χ0) is 32.5. The minimum absolute atomic E-state index is 0.170. The van der Waals surface area contributed by atoms with Crippen LogP contribution in [0.4, 0.5) is 0 Å². The van der Waals surface area contributed by atoms with Gasteiger partial charge < -0.3 is 24.8 Å². The van der Waals surface area contributed by atoms with Gasteiger partial charge in [-0.1, -0.05) is 138 Å². The third-order valence-corrected chi connectivity index (χ3v) is 6.64. The van der Waals surface area contributed by atoms with Crippen molar-refractivity contribution in [1.29, 1.82) is 0 Å². The van der Waals surface area contributed by atoms with Crippen LogP contribution in [0.1, 0.15) is 117 Å². The van der Waals surface area contributed by atoms with E-state index in [1.807, 2.05) is 42.5 Å². The third-order valence-electron chi connectivity index (χ3n) is 6.64. The van der Waals surface area contributed by atoms with Crippen LogP contribution in [-0.2, 0) is 19.1 Å². The highest BCUT2D eigenvalue weighted by molar-refractivity contribution is 5.70. The standard InChI is InChI=1S/C37H60O7/c1-3-5-7-8-9-10-11-15-23-29-36(41)43-31-35(40)32-44-37(42)30-24-16-13-12-14-20-26-34(39)28-22-18-17-21-27-33(38)25-19-6-4-2/h6,13-14,16-22,27-28,33-35,38-40H,3-5,7-12,15,23-26,29-32H2,1-2H3/b16-13-,18-17-,19-6-,20-14-,27-21+,28-22+/t33-,34+,35-/m1/s1. The molecular weight excluding hydrogens is 556 g/mol. The molecule has 0 aromatic carbocycles. The fourth-order valence-corrected chi connectivity index (χ4v) is 4.05. The maximum absolute atomic E-state index is 11.9. The zero-order valence-corrected chi connectivity index (χ0v) is 27.4. The van der Waals surface area contributed by atoms with Crippen LogP contribution in [0.25, 0.3) is 0 Å². The van der Waals surface area contributed by atoms with Crippen molar-refractivity contribution in [3.8, 4) is 0 Å². The SMILES string of the molecule is CC/C=C\C[C@@H](O)/C=C/C=C\C=C\[C@@H](O)C/C=C\C/C=C\CCC(=O)OC[C@H](O)COC(=O)CCCCCCCCCCC. The third kappa shape index (κ3) is 30.7. The van der Waals surface area contributed by atoms with E-state index in [9.17, 15) is 24.9 Å². The quantitative estimate of drug-likeness (QED) is 0.0356. The number of hydrogen-bond donors (Lipinski definition) is 3. The van der Waals surface area contributed by atoms with Crippen molar-refractivity contribution in [1.82, 2.24) is 0 Å². The lowest BCUT2D eigenvalue weighted by Gasteiger charge is -2.12. The molecule has 0 bridgehead atoms. The second kappa shape index (κ2) is 31.7. The molecule has 0 radical (unpaired) electrons. The summed E-state index contributed by atoms with van der Waals surface area (Å²) in [6, 6.07) is 0. The van der Waals surface area contributed by atoms with Crippen molar-refractivity contribution in [3.63, 3.8) is 0 Å². The van der Waals surface area contributed by atoms with Crippen molar-refractivity contribution in [2.75, 3.05) is 13.2 Å². The van der Waals surface area contributed by atoms with Crippen LogP contribution >= 0.6 is 0 Å². The van der Waals surface area contributed by atoms with E-state index in [-0.39, 0.29) is 25.6 Å². The summed E-state index contributed by atoms with van der Waals surface area (Å²) in [7, 11) is 0. The molecule has 0 aliphatic heterocycles. The molecule has 0 aliphatic rings. The van der Waals surface area contributed by atoms with E-state index < -0.39 is 24.3 Å². The van der Waals surface area contributed by atoms with Gasteiger partial charge >= 0.3 is 11.9 Å². The molecule has 0 aromatic heterocycles. The van der Waals surface area contributed by atoms with Crippen molar-refractivity contribution in [3.05, 3.63) is 72.9 Å². The average Bonchev–Trinajstić information content (AvgIpc) is 3.01. The Bertz CT molecular complexity index is 869. The minimum atomic E-state index is -1.03. The summed E-state index contributed by atoms with van der Waals surface area (Å²) in [5.74, 6) is -0.738. The molecule has 0 saturated heterocycles. The van der Waals surface area contributed by atoms with E-state index in [1.54, 1.807) is 30.4 Å². The maximum atomic E-state index is 11.9. The van der Waals surface area contributed by atoms with E-state index in [4.69, 9.17) is 9.47 Å². The van der Waals surface area contributed by atoms with Gasteiger partial charge in [0.05, 0.1) is 12.2 Å². The Balaban J connectivity index is 3.80. The Hall–Kier alpha value is -2.74. The van der Waals surface area contributed by atoms with Crippen LogP contribution in [0.15, 0.2) is 72.9 Å². The Labute approximate surface area is 267 Å². The number of aliphatic hydroxyl groups is 3. The average molecular weight is 617 g/mol. The Morgan fingerprint density at radius 2 is 1.09 bits per heavy atom. The lowest BCUT2D eigenvalue weighted by Crippen LogP contribution is -2.25. The van der Waals surface area contributed by atoms with Gasteiger partial charge in [0.25, 0.3) is 0 Å². The Kier molecular flexibility index (Phi) is 29.7. The van der Waals surface area contributed by atoms with Crippen molar-refractivity contribution < 1.29 is 34.4 Å². The van der Waals surface area contributed by atoms with E-state index in [1.165, 1.54) is 38.5 Å². The van der Waals surface area contributed by atoms with Gasteiger partial charge in [-0.15, -0.1) is 0 Å². The molecule has 3 atom stereocenters. The number of allylic oxidation sites excluding steroid dienone is 8. The van der Waals surface area contributed by atoms with Crippen LogP contribution < -0.4 is 0 Å². The molecular formula is C37H60O7. The van der Waals surface area contributed by atoms with Crippen LogP contribution in [0, 0.1) is 0 Å². The van der Waals surface area contributed by atoms with Crippen molar-refractivity contribution in [2.24, 2.45) is 0 Å². The topological polar surface area (TPSA) is 113 Å². The summed E-state index contributed by atoms with van der Waals surface area (Å²) in [5, 5.41) is 29.7. The van der Waals surface area contributed by atoms with Gasteiger partial charge in [0.15, 0.2) is 0 Å². The monoisotopic (exact) mass is 616 g/mol. The summed E-state index contributed by atoms with van der Waals surface area (Å²) in [6.45, 7) is 3.90. The number of esters is 2. The lowest BCUT2D eigenvalue weighted by atomic mass is 10.1. The molecule has 0 rings (SSSR count). The van der Waals surface area contributed by atoms with Gasteiger partial charge in [-0.2, -0.15) is 0 Å². The predicted molar refractivity (Wildman–Crippen MR) is 180 cm³/mol. The highest BCUT2D eigenvalue weighted by Gasteiger charge is 2.11. The number of hydrogen-bond acceptors (Lipinski definition) is 7. The molecule has 0 spiro atoms. The number of ether oxygens (including phenoxy) is 2. The van der Waals surface area contributed by atoms with Gasteiger partial charge in [0.2, 0.25) is 0 Å². The normalized spacial score (nSPS) is 14.6. The summed E-state index contributed by atoms with van der Waals surface area (Å²) in [6.07, 6.45) is 34.6. The molecule has 0 amide bonds. The molecule has 0 aromatic rings. The molecule has 0 fully saturated rings. The highest BCUT2D eigenvalue weighted by Crippen LogP contribution is 2.11. The second-order valence-corrected chi connectivity index (χ2v) is 11.0. The zero-order valence-electron chi connectivity index (χ0n) is 27.4. The van der Waals surface area contributed by atoms with E-state index in [2.05, 4.69) is 13.8 Å². The van der Waals surface area contributed by atoms with E-state index >= 15 is 0 Å². The second-order valence-electron chi connectivity index (χ2n) is 11.0. The summed E-state index contributed by atoms with van der Waals surface area (Å²) in [5.41, 5.74) is 0. The Morgan fingerprint density at radius 1 is 0.591 bits per heavy atom. The van der Waals surface area contributed by atoms with Crippen molar-refractivity contribution >= 4 is 11.9 Å². The number of carbonyl (C=O) groups excluding carboxylic acids is 2. The molecule has 0 aliphatic carbocycles. The van der Waals surface area contributed by atoms with Gasteiger partial charge in [-0.25, -0.2) is 0 Å². The van der Waals surface area contributed by atoms with Gasteiger partial charge in [0, 0.05) is 12.8 Å². The van der Waals surface area contributed by atoms with Crippen LogP contribution in [0.5, 0.6) is 0 Å². The predicted octanol–water partition coefficient (Wildman–Crippen LogP) is 7.77. The first-order chi connectivity index (χ1) is 21.4. The maximum Gasteiger partial charge on any atom is 0.306 e. The number of unbranched alkanes of at least 4 members (excludes halogenated alkanes) is 8. The highest BCUT2D eigenvalue weighted by atomic mass is 16.6. The van der Waals surface area contributed by atoms with Gasteiger partial charge in [-0.05, 0) is 38.5 Å². The van der Waals surface area contributed by atoms with Gasteiger partial charge in [-0.3, -0.25) is 9.59 Å².